The number of anilines is 2. The van der Waals surface area contributed by atoms with Crippen molar-refractivity contribution < 1.29 is 19.5 Å². The van der Waals surface area contributed by atoms with E-state index in [1.54, 1.807) is 60.7 Å². The molecule has 0 aliphatic carbocycles. The summed E-state index contributed by atoms with van der Waals surface area (Å²) in [5.41, 5.74) is 1.69. The Hall–Kier alpha value is -3.38. The number of carbonyl (C=O) groups excluding carboxylic acids is 3. The van der Waals surface area contributed by atoms with Crippen LogP contribution in [0.1, 0.15) is 16.4 Å². The third-order valence-corrected chi connectivity index (χ3v) is 10.2. The Balaban J connectivity index is 1.40. The molecule has 3 aromatic carbocycles. The summed E-state index contributed by atoms with van der Waals surface area (Å²) in [4.78, 5) is 55.3. The molecule has 8 nitrogen and oxygen atoms in total. The molecule has 202 valence electrons. The molecule has 1 aromatic heterocycles. The molecule has 1 fully saturated rings. The van der Waals surface area contributed by atoms with Crippen LogP contribution in [0.2, 0.25) is 5.02 Å². The first-order valence-electron chi connectivity index (χ1n) is 12.1. The predicted molar refractivity (Wildman–Crippen MR) is 158 cm³/mol. The minimum atomic E-state index is -0.787. The Bertz CT molecular complexity index is 1700. The van der Waals surface area contributed by atoms with E-state index in [1.165, 1.54) is 21.6 Å². The largest absolute Gasteiger partial charge is 0.508 e. The number of aromatic nitrogens is 1. The average molecular weight is 657 g/mol. The summed E-state index contributed by atoms with van der Waals surface area (Å²) < 4.78 is 2.18. The van der Waals surface area contributed by atoms with Crippen LogP contribution in [-0.2, 0) is 20.9 Å². The Morgan fingerprint density at radius 2 is 1.62 bits per heavy atom. The van der Waals surface area contributed by atoms with Crippen LogP contribution in [0.25, 0.3) is 0 Å². The van der Waals surface area contributed by atoms with Gasteiger partial charge in [-0.2, -0.15) is 0 Å². The van der Waals surface area contributed by atoms with Gasteiger partial charge in [0.2, 0.25) is 17.7 Å². The number of thiazole rings is 1. The van der Waals surface area contributed by atoms with E-state index in [9.17, 15) is 24.3 Å². The van der Waals surface area contributed by atoms with Gasteiger partial charge in [-0.25, -0.2) is 4.90 Å². The highest BCUT2D eigenvalue weighted by Crippen LogP contribution is 2.54. The first kappa shape index (κ1) is 26.8. The Morgan fingerprint density at radius 3 is 2.30 bits per heavy atom. The lowest BCUT2D eigenvalue weighted by atomic mass is 9.83. The van der Waals surface area contributed by atoms with Gasteiger partial charge in [0, 0.05) is 26.0 Å². The summed E-state index contributed by atoms with van der Waals surface area (Å²) >= 11 is 11.7. The van der Waals surface area contributed by atoms with Crippen molar-refractivity contribution in [2.45, 2.75) is 22.7 Å². The van der Waals surface area contributed by atoms with Crippen molar-refractivity contribution in [3.8, 4) is 5.75 Å². The fourth-order valence-electron chi connectivity index (χ4n) is 5.02. The molecule has 3 atom stereocenters. The van der Waals surface area contributed by atoms with Gasteiger partial charge in [-0.05, 0) is 66.2 Å². The van der Waals surface area contributed by atoms with Gasteiger partial charge in [-0.3, -0.25) is 23.7 Å². The molecule has 12 heteroatoms. The number of hydrogen-bond acceptors (Lipinski definition) is 7. The first-order valence-corrected chi connectivity index (χ1v) is 15.0. The molecule has 0 spiro atoms. The van der Waals surface area contributed by atoms with E-state index in [2.05, 4.69) is 21.2 Å². The number of nitrogens with zero attached hydrogens (tertiary/aromatic N) is 2. The number of benzene rings is 3. The zero-order valence-corrected chi connectivity index (χ0v) is 24.4. The number of imide groups is 1. The highest BCUT2D eigenvalue weighted by molar-refractivity contribution is 9.10. The number of halogens is 2. The lowest BCUT2D eigenvalue weighted by Gasteiger charge is -2.30. The molecule has 3 heterocycles. The van der Waals surface area contributed by atoms with E-state index in [1.807, 2.05) is 0 Å². The molecule has 2 N–H and O–H groups in total. The monoisotopic (exact) mass is 655 g/mol. The molecule has 2 aliphatic heterocycles. The fraction of sp³-hybridized carbons (Fsp3) is 0.143. The van der Waals surface area contributed by atoms with Crippen molar-refractivity contribution in [3.05, 3.63) is 102 Å². The lowest BCUT2D eigenvalue weighted by molar-refractivity contribution is -0.122. The van der Waals surface area contributed by atoms with Crippen LogP contribution < -0.4 is 15.1 Å². The van der Waals surface area contributed by atoms with Crippen LogP contribution in [0.4, 0.5) is 11.4 Å². The van der Waals surface area contributed by atoms with Crippen LogP contribution in [-0.4, -0.2) is 32.6 Å². The molecular formula is C28H19BrClN3O5S2. The van der Waals surface area contributed by atoms with E-state index < -0.39 is 23.0 Å². The predicted octanol–water partition coefficient (Wildman–Crippen LogP) is 5.47. The van der Waals surface area contributed by atoms with E-state index in [0.717, 1.165) is 33.1 Å². The molecule has 0 saturated carbocycles. The Labute approximate surface area is 249 Å². The molecule has 40 heavy (non-hydrogen) atoms. The van der Waals surface area contributed by atoms with Gasteiger partial charge >= 0.3 is 4.87 Å². The van der Waals surface area contributed by atoms with Crippen LogP contribution in [0.3, 0.4) is 0 Å². The van der Waals surface area contributed by atoms with Gasteiger partial charge in [0.05, 0.1) is 16.6 Å². The summed E-state index contributed by atoms with van der Waals surface area (Å²) in [6.45, 7) is -0.276. The van der Waals surface area contributed by atoms with E-state index in [4.69, 9.17) is 11.6 Å². The highest BCUT2D eigenvalue weighted by atomic mass is 79.9. The van der Waals surface area contributed by atoms with Crippen LogP contribution in [0.15, 0.2) is 87.1 Å². The number of carbonyl (C=O) groups is 3. The van der Waals surface area contributed by atoms with Gasteiger partial charge < -0.3 is 10.4 Å². The molecule has 3 amide bonds. The average Bonchev–Trinajstić information content (AvgIpc) is 3.37. The van der Waals surface area contributed by atoms with Crippen molar-refractivity contribution in [1.82, 2.24) is 4.57 Å². The summed E-state index contributed by atoms with van der Waals surface area (Å²) in [6, 6.07) is 20.0. The lowest BCUT2D eigenvalue weighted by Crippen LogP contribution is -2.33. The summed E-state index contributed by atoms with van der Waals surface area (Å²) in [6.07, 6.45) is 0. The smallest absolute Gasteiger partial charge is 0.308 e. The number of hydrogen-bond donors (Lipinski definition) is 2. The number of rotatable bonds is 5. The quantitative estimate of drug-likeness (QED) is 0.218. The standard InChI is InChI=1S/C28H19BrClN3O5S2/c29-15-3-9-18(10-4-15)33-25(36)22-21(14-1-5-16(30)6-2-14)24-27(39-23(22)26(33)37)32(28(38)40-24)13-20(35)31-17-7-11-19(34)12-8-17/h1-12,21-23,34H,13H2,(H,31,35). The van der Waals surface area contributed by atoms with Gasteiger partial charge in [-0.15, -0.1) is 0 Å². The maximum atomic E-state index is 13.9. The second-order valence-corrected chi connectivity index (χ2v) is 12.8. The molecule has 0 radical (unpaired) electrons. The first-order chi connectivity index (χ1) is 19.2. The van der Waals surface area contributed by atoms with Crippen molar-refractivity contribution in [2.75, 3.05) is 10.2 Å². The van der Waals surface area contributed by atoms with Gasteiger partial charge in [-0.1, -0.05) is 62.8 Å². The maximum absolute atomic E-state index is 13.9. The molecule has 4 aromatic rings. The normalized spacial score (nSPS) is 19.9. The van der Waals surface area contributed by atoms with Crippen molar-refractivity contribution in [3.63, 3.8) is 0 Å². The fourth-order valence-corrected chi connectivity index (χ4v) is 8.18. The third kappa shape index (κ3) is 4.77. The number of amides is 3. The maximum Gasteiger partial charge on any atom is 0.308 e. The molecular weight excluding hydrogens is 638 g/mol. The minimum Gasteiger partial charge on any atom is -0.508 e. The molecule has 0 bridgehead atoms. The molecule has 2 aliphatic rings. The molecule has 3 unspecified atom stereocenters. The van der Waals surface area contributed by atoms with Crippen LogP contribution in [0, 0.1) is 5.92 Å². The van der Waals surface area contributed by atoms with Gasteiger partial charge in [0.1, 0.15) is 17.5 Å². The van der Waals surface area contributed by atoms with Crippen LogP contribution >= 0.6 is 50.6 Å². The van der Waals surface area contributed by atoms with Crippen molar-refractivity contribution in [2.24, 2.45) is 5.92 Å². The summed E-state index contributed by atoms with van der Waals surface area (Å²) in [5.74, 6) is -2.40. The second-order valence-electron chi connectivity index (χ2n) is 9.30. The number of phenols is 1. The number of nitrogens with one attached hydrogen (secondary N) is 1. The Kier molecular flexibility index (Phi) is 7.07. The molecule has 1 saturated heterocycles. The number of thioether (sulfide) groups is 1. The zero-order valence-electron chi connectivity index (χ0n) is 20.4. The zero-order chi connectivity index (χ0) is 28.1. The second kappa shape index (κ2) is 10.5. The van der Waals surface area contributed by atoms with Crippen LogP contribution in [0.5, 0.6) is 5.75 Å². The van der Waals surface area contributed by atoms with Crippen molar-refractivity contribution in [1.29, 1.82) is 0 Å². The number of aromatic hydroxyl groups is 1. The van der Waals surface area contributed by atoms with Crippen molar-refractivity contribution >= 4 is 79.7 Å². The number of fused-ring (bicyclic) bond motifs is 2. The van der Waals surface area contributed by atoms with Gasteiger partial charge in [0.15, 0.2) is 0 Å². The van der Waals surface area contributed by atoms with E-state index in [-0.39, 0.29) is 29.0 Å². The summed E-state index contributed by atoms with van der Waals surface area (Å²) in [5, 5.41) is 12.4. The summed E-state index contributed by atoms with van der Waals surface area (Å²) in [7, 11) is 0. The van der Waals surface area contributed by atoms with E-state index >= 15 is 0 Å². The molecule has 6 rings (SSSR count). The third-order valence-electron chi connectivity index (χ3n) is 6.82. The Morgan fingerprint density at radius 1 is 0.950 bits per heavy atom. The van der Waals surface area contributed by atoms with Gasteiger partial charge in [0.25, 0.3) is 0 Å². The van der Waals surface area contributed by atoms with E-state index in [0.29, 0.717) is 26.3 Å². The number of phenolic OH excluding ortho intramolecular Hbond substituents is 1. The minimum absolute atomic E-state index is 0.0632. The highest BCUT2D eigenvalue weighted by Gasteiger charge is 2.56. The topological polar surface area (TPSA) is 109 Å². The SMILES string of the molecule is O=C(Cn1c2c(sc1=O)C(c1ccc(Cl)cc1)C1C(=O)N(c3ccc(Br)cc3)C(=O)C1S2)Nc1ccc(O)cc1.